The van der Waals surface area contributed by atoms with E-state index in [1.807, 2.05) is 35.2 Å². The molecule has 1 aromatic carbocycles. The van der Waals surface area contributed by atoms with Crippen molar-refractivity contribution in [2.24, 2.45) is 0 Å². The first-order valence-corrected chi connectivity index (χ1v) is 9.40. The van der Waals surface area contributed by atoms with E-state index in [2.05, 4.69) is 5.32 Å². The average Bonchev–Trinajstić information content (AvgIpc) is 3.13. The second kappa shape index (κ2) is 8.48. The van der Waals surface area contributed by atoms with E-state index >= 15 is 0 Å². The molecular weight excluding hydrogens is 316 g/mol. The first kappa shape index (κ1) is 17.9. The lowest BCUT2D eigenvalue weighted by atomic mass is 10.0. The van der Waals surface area contributed by atoms with Gasteiger partial charge in [-0.15, -0.1) is 0 Å². The lowest BCUT2D eigenvalue weighted by Crippen LogP contribution is -2.50. The topological polar surface area (TPSA) is 58.6 Å². The van der Waals surface area contributed by atoms with Crippen molar-refractivity contribution in [3.8, 4) is 0 Å². The highest BCUT2D eigenvalue weighted by molar-refractivity contribution is 5.82. The number of nitrogens with zero attached hydrogens (tertiary/aromatic N) is 1. The fourth-order valence-corrected chi connectivity index (χ4v) is 3.87. The van der Waals surface area contributed by atoms with Crippen molar-refractivity contribution in [3.05, 3.63) is 35.9 Å². The van der Waals surface area contributed by atoms with Crippen LogP contribution in [0.25, 0.3) is 0 Å². The number of ether oxygens (including phenoxy) is 1. The molecule has 0 radical (unpaired) electrons. The molecule has 5 nitrogen and oxygen atoms in total. The van der Waals surface area contributed by atoms with Crippen LogP contribution in [0.1, 0.15) is 57.1 Å². The molecule has 2 fully saturated rings. The van der Waals surface area contributed by atoms with Crippen LogP contribution in [-0.2, 0) is 14.3 Å². The van der Waals surface area contributed by atoms with Gasteiger partial charge in [-0.3, -0.25) is 9.59 Å². The number of hydrogen-bond donors (Lipinski definition) is 1. The minimum atomic E-state index is -0.541. The Morgan fingerprint density at radius 3 is 2.52 bits per heavy atom. The molecule has 1 saturated carbocycles. The van der Waals surface area contributed by atoms with Crippen LogP contribution in [-0.4, -0.2) is 41.9 Å². The number of carbonyl (C=O) groups excluding carboxylic acids is 2. The van der Waals surface area contributed by atoms with E-state index in [4.69, 9.17) is 4.74 Å². The second-order valence-corrected chi connectivity index (χ2v) is 7.16. The fourth-order valence-electron chi connectivity index (χ4n) is 3.87. The van der Waals surface area contributed by atoms with E-state index in [0.29, 0.717) is 6.54 Å². The summed E-state index contributed by atoms with van der Waals surface area (Å²) < 4.78 is 6.25. The van der Waals surface area contributed by atoms with E-state index in [0.717, 1.165) is 37.8 Å². The fraction of sp³-hybridized carbons (Fsp3) is 0.600. The number of nitrogens with one attached hydrogen (secondary N) is 1. The molecule has 3 rings (SSSR count). The zero-order chi connectivity index (χ0) is 17.6. The molecule has 1 aliphatic carbocycles. The van der Waals surface area contributed by atoms with Crippen molar-refractivity contribution in [1.82, 2.24) is 10.2 Å². The highest BCUT2D eigenvalue weighted by atomic mass is 16.5. The largest absolute Gasteiger partial charge is 0.360 e. The van der Waals surface area contributed by atoms with Crippen molar-refractivity contribution in [3.63, 3.8) is 0 Å². The van der Waals surface area contributed by atoms with Gasteiger partial charge in [-0.05, 0) is 31.2 Å². The maximum absolute atomic E-state index is 13.2. The van der Waals surface area contributed by atoms with Gasteiger partial charge in [-0.2, -0.15) is 0 Å². The van der Waals surface area contributed by atoms with Crippen LogP contribution in [0.5, 0.6) is 0 Å². The van der Waals surface area contributed by atoms with Crippen LogP contribution in [0.4, 0.5) is 0 Å². The summed E-state index contributed by atoms with van der Waals surface area (Å²) in [5, 5.41) is 2.94. The molecule has 0 unspecified atom stereocenters. The Morgan fingerprint density at radius 2 is 1.84 bits per heavy atom. The van der Waals surface area contributed by atoms with Crippen molar-refractivity contribution < 1.29 is 14.3 Å². The van der Waals surface area contributed by atoms with Crippen LogP contribution in [0.15, 0.2) is 30.3 Å². The highest BCUT2D eigenvalue weighted by Crippen LogP contribution is 2.30. The molecule has 1 saturated heterocycles. The molecule has 2 atom stereocenters. The summed E-state index contributed by atoms with van der Waals surface area (Å²) in [6.45, 7) is 2.82. The van der Waals surface area contributed by atoms with Crippen LogP contribution >= 0.6 is 0 Å². The number of carbonyl (C=O) groups is 2. The quantitative estimate of drug-likeness (QED) is 0.893. The zero-order valence-electron chi connectivity index (χ0n) is 14.9. The highest BCUT2D eigenvalue weighted by Gasteiger charge is 2.33. The Kier molecular flexibility index (Phi) is 6.08. The first-order valence-electron chi connectivity index (χ1n) is 9.40. The number of rotatable bonds is 5. The summed E-state index contributed by atoms with van der Waals surface area (Å²) in [6, 6.07) is 9.82. The molecule has 0 bridgehead atoms. The monoisotopic (exact) mass is 344 g/mol. The lowest BCUT2D eigenvalue weighted by molar-refractivity contribution is -0.150. The van der Waals surface area contributed by atoms with Crippen LogP contribution < -0.4 is 5.32 Å². The van der Waals surface area contributed by atoms with Crippen LogP contribution in [0.3, 0.4) is 0 Å². The lowest BCUT2D eigenvalue weighted by Gasteiger charge is -2.35. The van der Waals surface area contributed by atoms with Crippen molar-refractivity contribution in [2.75, 3.05) is 13.1 Å². The van der Waals surface area contributed by atoms with Gasteiger partial charge in [0.25, 0.3) is 5.91 Å². The normalized spacial score (nSPS) is 22.6. The second-order valence-electron chi connectivity index (χ2n) is 7.16. The number of likely N-dealkylation sites (tertiary alicyclic amines) is 1. The molecule has 1 heterocycles. The van der Waals surface area contributed by atoms with E-state index < -0.39 is 6.10 Å². The van der Waals surface area contributed by atoms with Crippen molar-refractivity contribution in [1.29, 1.82) is 0 Å². The Hall–Kier alpha value is -1.88. The molecule has 5 heteroatoms. The van der Waals surface area contributed by atoms with Gasteiger partial charge in [-0.1, -0.05) is 43.2 Å². The predicted molar refractivity (Wildman–Crippen MR) is 95.9 cm³/mol. The van der Waals surface area contributed by atoms with Gasteiger partial charge in [0.05, 0.1) is 6.10 Å². The molecule has 1 aliphatic heterocycles. The maximum atomic E-state index is 13.2. The van der Waals surface area contributed by atoms with Gasteiger partial charge >= 0.3 is 0 Å². The van der Waals surface area contributed by atoms with Crippen LogP contribution in [0.2, 0.25) is 0 Å². The van der Waals surface area contributed by atoms with Gasteiger partial charge in [0.15, 0.2) is 6.10 Å². The Morgan fingerprint density at radius 1 is 1.12 bits per heavy atom. The Balaban J connectivity index is 1.72. The van der Waals surface area contributed by atoms with E-state index in [1.165, 1.54) is 19.8 Å². The van der Waals surface area contributed by atoms with Crippen LogP contribution in [0, 0.1) is 0 Å². The number of hydrogen-bond acceptors (Lipinski definition) is 3. The zero-order valence-corrected chi connectivity index (χ0v) is 14.9. The third-order valence-corrected chi connectivity index (χ3v) is 5.10. The van der Waals surface area contributed by atoms with E-state index in [-0.39, 0.29) is 24.0 Å². The van der Waals surface area contributed by atoms with Gasteiger partial charge in [0.2, 0.25) is 5.91 Å². The summed E-state index contributed by atoms with van der Waals surface area (Å²) in [5.74, 6) is -0.0192. The summed E-state index contributed by atoms with van der Waals surface area (Å²) in [7, 11) is 0. The van der Waals surface area contributed by atoms with Gasteiger partial charge in [-0.25, -0.2) is 0 Å². The molecule has 136 valence electrons. The van der Waals surface area contributed by atoms with E-state index in [9.17, 15) is 9.59 Å². The van der Waals surface area contributed by atoms with Gasteiger partial charge in [0, 0.05) is 26.1 Å². The molecular formula is C20H28N2O3. The minimum absolute atomic E-state index is 0.0214. The molecule has 2 amide bonds. The number of amides is 2. The van der Waals surface area contributed by atoms with Crippen molar-refractivity contribution >= 4 is 11.8 Å². The summed E-state index contributed by atoms with van der Waals surface area (Å²) in [6.07, 6.45) is 5.87. The minimum Gasteiger partial charge on any atom is -0.360 e. The molecule has 25 heavy (non-hydrogen) atoms. The molecule has 1 aromatic rings. The Labute approximate surface area is 149 Å². The average molecular weight is 344 g/mol. The Bertz CT molecular complexity index is 584. The number of piperidine rings is 1. The smallest absolute Gasteiger partial charge is 0.256 e. The third-order valence-electron chi connectivity index (χ3n) is 5.10. The summed E-state index contributed by atoms with van der Waals surface area (Å²) in [5.41, 5.74) is 0.918. The molecule has 0 aromatic heterocycles. The van der Waals surface area contributed by atoms with Gasteiger partial charge < -0.3 is 15.0 Å². The first-order chi connectivity index (χ1) is 12.1. The SMILES string of the molecule is CC(=O)N[C@H]1CCCN(C(=O)[C@@H](OC2CCCC2)c2ccccc2)C1. The molecule has 2 aliphatic rings. The predicted octanol–water partition coefficient (Wildman–Crippen LogP) is 2.81. The standard InChI is InChI=1S/C20H28N2O3/c1-15(23)21-17-10-7-13-22(14-17)20(24)19(16-8-3-2-4-9-16)25-18-11-5-6-12-18/h2-4,8-9,17-19H,5-7,10-14H2,1H3,(H,21,23)/t17-,19-/m0/s1. The maximum Gasteiger partial charge on any atom is 0.256 e. The molecule has 0 spiro atoms. The number of benzene rings is 1. The summed E-state index contributed by atoms with van der Waals surface area (Å²) in [4.78, 5) is 26.4. The molecule has 1 N–H and O–H groups in total. The van der Waals surface area contributed by atoms with E-state index in [1.54, 1.807) is 0 Å². The third kappa shape index (κ3) is 4.82. The summed E-state index contributed by atoms with van der Waals surface area (Å²) >= 11 is 0. The van der Waals surface area contributed by atoms with Gasteiger partial charge in [0.1, 0.15) is 0 Å². The van der Waals surface area contributed by atoms with Crippen molar-refractivity contribution in [2.45, 2.75) is 63.7 Å².